The molecule has 0 radical (unpaired) electrons. The zero-order chi connectivity index (χ0) is 13.8. The fraction of sp³-hybridized carbons (Fsp3) is 0.375. The molecule has 2 aromatic rings. The smallest absolute Gasteiger partial charge is 0.125 e. The van der Waals surface area contributed by atoms with Gasteiger partial charge < -0.3 is 9.73 Å². The van der Waals surface area contributed by atoms with Gasteiger partial charge >= 0.3 is 0 Å². The van der Waals surface area contributed by atoms with Crippen molar-refractivity contribution < 1.29 is 4.42 Å². The van der Waals surface area contributed by atoms with Gasteiger partial charge in [0.15, 0.2) is 0 Å². The van der Waals surface area contributed by atoms with Gasteiger partial charge in [0.2, 0.25) is 0 Å². The molecule has 106 valence electrons. The van der Waals surface area contributed by atoms with Gasteiger partial charge in [-0.2, -0.15) is 0 Å². The third-order valence-electron chi connectivity index (χ3n) is 3.75. The minimum absolute atomic E-state index is 0.181. The van der Waals surface area contributed by atoms with Gasteiger partial charge in [-0.3, -0.25) is 4.90 Å². The van der Waals surface area contributed by atoms with Crippen LogP contribution in [0.2, 0.25) is 0 Å². The van der Waals surface area contributed by atoms with Crippen molar-refractivity contribution >= 4 is 15.9 Å². The third kappa shape index (κ3) is 2.97. The number of benzene rings is 1. The second kappa shape index (κ2) is 6.57. The Morgan fingerprint density at radius 3 is 2.80 bits per heavy atom. The van der Waals surface area contributed by atoms with Crippen molar-refractivity contribution in [2.75, 3.05) is 26.2 Å². The fourth-order valence-electron chi connectivity index (χ4n) is 2.80. The molecule has 1 aromatic carbocycles. The maximum absolute atomic E-state index is 5.72. The summed E-state index contributed by atoms with van der Waals surface area (Å²) in [4.78, 5) is 2.50. The van der Waals surface area contributed by atoms with E-state index in [1.165, 1.54) is 12.0 Å². The van der Waals surface area contributed by atoms with Crippen LogP contribution in [0.3, 0.4) is 0 Å². The summed E-state index contributed by atoms with van der Waals surface area (Å²) in [5.41, 5.74) is 1.27. The lowest BCUT2D eigenvalue weighted by molar-refractivity contribution is 0.215. The zero-order valence-corrected chi connectivity index (χ0v) is 13.0. The van der Waals surface area contributed by atoms with Crippen LogP contribution in [0.1, 0.15) is 23.8 Å². The van der Waals surface area contributed by atoms with Crippen molar-refractivity contribution in [1.82, 2.24) is 10.2 Å². The lowest BCUT2D eigenvalue weighted by Crippen LogP contribution is -2.33. The highest BCUT2D eigenvalue weighted by molar-refractivity contribution is 9.10. The number of hydrogen-bond donors (Lipinski definition) is 1. The molecular weight excluding hydrogens is 316 g/mol. The molecule has 0 bridgehead atoms. The third-order valence-corrected chi connectivity index (χ3v) is 4.47. The Kier molecular flexibility index (Phi) is 4.55. The number of hydrogen-bond acceptors (Lipinski definition) is 3. The quantitative estimate of drug-likeness (QED) is 0.932. The van der Waals surface area contributed by atoms with Gasteiger partial charge in [0.05, 0.1) is 12.3 Å². The number of nitrogens with one attached hydrogen (secondary N) is 1. The van der Waals surface area contributed by atoms with E-state index in [1.807, 2.05) is 6.07 Å². The number of furan rings is 1. The van der Waals surface area contributed by atoms with Crippen LogP contribution >= 0.6 is 15.9 Å². The van der Waals surface area contributed by atoms with E-state index in [1.54, 1.807) is 6.26 Å². The summed E-state index contributed by atoms with van der Waals surface area (Å²) in [5, 5.41) is 3.46. The van der Waals surface area contributed by atoms with E-state index < -0.39 is 0 Å². The summed E-state index contributed by atoms with van der Waals surface area (Å²) < 4.78 is 6.85. The van der Waals surface area contributed by atoms with Gasteiger partial charge in [-0.1, -0.05) is 34.1 Å². The Morgan fingerprint density at radius 1 is 1.10 bits per heavy atom. The Hall–Kier alpha value is -1.10. The molecule has 0 saturated carbocycles. The standard InChI is InChI=1S/C16H19BrN2O/c17-14-6-2-1-5-13(14)16(15-7-3-12-20-15)19-10-4-8-18-9-11-19/h1-3,5-7,12,16,18H,4,8-11H2. The second-order valence-corrected chi connectivity index (χ2v) is 5.93. The number of nitrogens with zero attached hydrogens (tertiary/aromatic N) is 1. The lowest BCUT2D eigenvalue weighted by atomic mass is 10.0. The predicted molar refractivity (Wildman–Crippen MR) is 83.8 cm³/mol. The molecule has 4 heteroatoms. The molecule has 1 unspecified atom stereocenters. The molecule has 1 aromatic heterocycles. The summed E-state index contributed by atoms with van der Waals surface area (Å²) in [5.74, 6) is 1.01. The molecule has 1 N–H and O–H groups in total. The molecule has 1 atom stereocenters. The first-order valence-corrected chi connectivity index (χ1v) is 7.88. The lowest BCUT2D eigenvalue weighted by Gasteiger charge is -2.30. The van der Waals surface area contributed by atoms with Crippen LogP contribution in [0, 0.1) is 0 Å². The molecule has 20 heavy (non-hydrogen) atoms. The number of rotatable bonds is 3. The Morgan fingerprint density at radius 2 is 2.00 bits per heavy atom. The molecule has 0 amide bonds. The first-order valence-electron chi connectivity index (χ1n) is 7.09. The van der Waals surface area contributed by atoms with Crippen molar-refractivity contribution in [3.8, 4) is 0 Å². The Balaban J connectivity index is 1.98. The molecule has 1 fully saturated rings. The Labute approximate surface area is 128 Å². The molecule has 0 aliphatic carbocycles. The largest absolute Gasteiger partial charge is 0.467 e. The summed E-state index contributed by atoms with van der Waals surface area (Å²) in [6, 6.07) is 12.6. The van der Waals surface area contributed by atoms with Crippen molar-refractivity contribution in [2.24, 2.45) is 0 Å². The van der Waals surface area contributed by atoms with Gasteiger partial charge in [-0.25, -0.2) is 0 Å². The molecular formula is C16H19BrN2O. The van der Waals surface area contributed by atoms with Crippen molar-refractivity contribution in [3.05, 3.63) is 58.5 Å². The monoisotopic (exact) mass is 334 g/mol. The minimum Gasteiger partial charge on any atom is -0.467 e. The molecule has 2 heterocycles. The van der Waals surface area contributed by atoms with Gasteiger partial charge in [-0.05, 0) is 36.7 Å². The summed E-state index contributed by atoms with van der Waals surface area (Å²) >= 11 is 3.68. The topological polar surface area (TPSA) is 28.4 Å². The van der Waals surface area contributed by atoms with Crippen LogP contribution in [0.5, 0.6) is 0 Å². The highest BCUT2D eigenvalue weighted by Crippen LogP contribution is 2.33. The average molecular weight is 335 g/mol. The molecule has 3 rings (SSSR count). The van der Waals surface area contributed by atoms with E-state index in [0.717, 1.165) is 36.4 Å². The highest BCUT2D eigenvalue weighted by atomic mass is 79.9. The highest BCUT2D eigenvalue weighted by Gasteiger charge is 2.26. The molecule has 1 saturated heterocycles. The molecule has 1 aliphatic rings. The first-order chi connectivity index (χ1) is 9.86. The predicted octanol–water partition coefficient (Wildman–Crippen LogP) is 3.43. The van der Waals surface area contributed by atoms with Crippen LogP contribution < -0.4 is 5.32 Å². The van der Waals surface area contributed by atoms with Crippen molar-refractivity contribution in [3.63, 3.8) is 0 Å². The summed E-state index contributed by atoms with van der Waals surface area (Å²) in [6.07, 6.45) is 2.93. The van der Waals surface area contributed by atoms with E-state index in [2.05, 4.69) is 56.5 Å². The van der Waals surface area contributed by atoms with E-state index in [9.17, 15) is 0 Å². The Bertz CT molecular complexity index is 533. The zero-order valence-electron chi connectivity index (χ0n) is 11.4. The molecule has 0 spiro atoms. The average Bonchev–Trinajstić information content (AvgIpc) is 2.85. The van der Waals surface area contributed by atoms with Crippen LogP contribution in [0.4, 0.5) is 0 Å². The van der Waals surface area contributed by atoms with Crippen molar-refractivity contribution in [2.45, 2.75) is 12.5 Å². The number of halogens is 1. The minimum atomic E-state index is 0.181. The fourth-order valence-corrected chi connectivity index (χ4v) is 3.30. The normalized spacial score (nSPS) is 18.6. The van der Waals surface area contributed by atoms with E-state index >= 15 is 0 Å². The van der Waals surface area contributed by atoms with Gasteiger partial charge in [-0.15, -0.1) is 0 Å². The van der Waals surface area contributed by atoms with E-state index in [4.69, 9.17) is 4.42 Å². The van der Waals surface area contributed by atoms with Gasteiger partial charge in [0, 0.05) is 24.1 Å². The molecule has 3 nitrogen and oxygen atoms in total. The maximum Gasteiger partial charge on any atom is 0.125 e. The molecule has 1 aliphatic heterocycles. The SMILES string of the molecule is Brc1ccccc1C(c1ccco1)N1CCCNCC1. The van der Waals surface area contributed by atoms with Crippen LogP contribution in [-0.4, -0.2) is 31.1 Å². The van der Waals surface area contributed by atoms with Gasteiger partial charge in [0.1, 0.15) is 5.76 Å². The maximum atomic E-state index is 5.72. The first kappa shape index (κ1) is 13.9. The van der Waals surface area contributed by atoms with E-state index in [-0.39, 0.29) is 6.04 Å². The van der Waals surface area contributed by atoms with Gasteiger partial charge in [0.25, 0.3) is 0 Å². The van der Waals surface area contributed by atoms with Crippen LogP contribution in [0.25, 0.3) is 0 Å². The van der Waals surface area contributed by atoms with Crippen LogP contribution in [-0.2, 0) is 0 Å². The second-order valence-electron chi connectivity index (χ2n) is 5.08. The van der Waals surface area contributed by atoms with Crippen LogP contribution in [0.15, 0.2) is 51.6 Å². The summed E-state index contributed by atoms with van der Waals surface area (Å²) in [7, 11) is 0. The summed E-state index contributed by atoms with van der Waals surface area (Å²) in [6.45, 7) is 4.24. The van der Waals surface area contributed by atoms with E-state index in [0.29, 0.717) is 0 Å². The van der Waals surface area contributed by atoms with Crippen molar-refractivity contribution in [1.29, 1.82) is 0 Å².